The Kier molecular flexibility index (Phi) is 9.00. The number of rotatable bonds is 12. The maximum absolute atomic E-state index is 13.3. The monoisotopic (exact) mass is 479 g/mol. The number of benzene rings is 2. The fourth-order valence-electron chi connectivity index (χ4n) is 3.68. The van der Waals surface area contributed by atoms with E-state index in [0.29, 0.717) is 17.7 Å². The van der Waals surface area contributed by atoms with Crippen LogP contribution in [0.2, 0.25) is 0 Å². The highest BCUT2D eigenvalue weighted by Gasteiger charge is 2.33. The molecule has 3 rings (SSSR count). The zero-order valence-electron chi connectivity index (χ0n) is 20.4. The normalized spacial score (nSPS) is 14.5. The SMILES string of the molecule is COc1cccc(C(=O)NC(CC(C)C)C(=O)NC(Cc2ccccc2)C(=O)C(=O)NC2CC2)c1. The van der Waals surface area contributed by atoms with Gasteiger partial charge < -0.3 is 20.7 Å². The molecule has 3 amide bonds. The molecule has 0 aromatic heterocycles. The summed E-state index contributed by atoms with van der Waals surface area (Å²) in [5.41, 5.74) is 1.16. The van der Waals surface area contributed by atoms with Gasteiger partial charge in [-0.1, -0.05) is 50.2 Å². The molecule has 0 saturated heterocycles. The molecule has 35 heavy (non-hydrogen) atoms. The molecule has 0 heterocycles. The molecule has 2 atom stereocenters. The first-order valence-electron chi connectivity index (χ1n) is 11.9. The average Bonchev–Trinajstić information content (AvgIpc) is 3.67. The van der Waals surface area contributed by atoms with Crippen molar-refractivity contribution in [3.05, 3.63) is 65.7 Å². The Balaban J connectivity index is 1.76. The van der Waals surface area contributed by atoms with E-state index >= 15 is 0 Å². The van der Waals surface area contributed by atoms with Crippen molar-refractivity contribution in [1.29, 1.82) is 0 Å². The Morgan fingerprint density at radius 2 is 1.66 bits per heavy atom. The third-order valence-corrected chi connectivity index (χ3v) is 5.71. The van der Waals surface area contributed by atoms with Crippen LogP contribution in [0.25, 0.3) is 0 Å². The van der Waals surface area contributed by atoms with Crippen LogP contribution in [0.4, 0.5) is 0 Å². The lowest BCUT2D eigenvalue weighted by molar-refractivity contribution is -0.140. The molecule has 8 heteroatoms. The molecule has 0 spiro atoms. The van der Waals surface area contributed by atoms with Crippen LogP contribution in [0, 0.1) is 5.92 Å². The predicted octanol–water partition coefficient (Wildman–Crippen LogP) is 2.41. The smallest absolute Gasteiger partial charge is 0.289 e. The van der Waals surface area contributed by atoms with E-state index in [-0.39, 0.29) is 18.4 Å². The quantitative estimate of drug-likeness (QED) is 0.405. The fraction of sp³-hybridized carbons (Fsp3) is 0.407. The summed E-state index contributed by atoms with van der Waals surface area (Å²) in [5, 5.41) is 8.21. The number of hydrogen-bond donors (Lipinski definition) is 3. The van der Waals surface area contributed by atoms with E-state index in [9.17, 15) is 19.2 Å². The molecule has 2 unspecified atom stereocenters. The maximum atomic E-state index is 13.3. The average molecular weight is 480 g/mol. The summed E-state index contributed by atoms with van der Waals surface area (Å²) in [6.07, 6.45) is 2.23. The molecular weight excluding hydrogens is 446 g/mol. The summed E-state index contributed by atoms with van der Waals surface area (Å²) in [5.74, 6) is -1.72. The van der Waals surface area contributed by atoms with Gasteiger partial charge in [-0.05, 0) is 48.9 Å². The minimum Gasteiger partial charge on any atom is -0.497 e. The second-order valence-electron chi connectivity index (χ2n) is 9.25. The maximum Gasteiger partial charge on any atom is 0.289 e. The van der Waals surface area contributed by atoms with Crippen LogP contribution in [-0.4, -0.2) is 48.7 Å². The van der Waals surface area contributed by atoms with Crippen molar-refractivity contribution in [2.45, 2.75) is 57.7 Å². The summed E-state index contributed by atoms with van der Waals surface area (Å²) in [6, 6.07) is 13.9. The molecule has 1 fully saturated rings. The largest absolute Gasteiger partial charge is 0.497 e. The summed E-state index contributed by atoms with van der Waals surface area (Å²) in [4.78, 5) is 51.6. The Morgan fingerprint density at radius 1 is 0.943 bits per heavy atom. The summed E-state index contributed by atoms with van der Waals surface area (Å²) in [6.45, 7) is 3.88. The van der Waals surface area contributed by atoms with Gasteiger partial charge in [0.1, 0.15) is 17.8 Å². The van der Waals surface area contributed by atoms with Crippen molar-refractivity contribution >= 4 is 23.5 Å². The molecule has 3 N–H and O–H groups in total. The number of carbonyl (C=O) groups is 4. The van der Waals surface area contributed by atoms with Gasteiger partial charge >= 0.3 is 0 Å². The van der Waals surface area contributed by atoms with E-state index in [4.69, 9.17) is 4.74 Å². The number of hydrogen-bond acceptors (Lipinski definition) is 5. The lowest BCUT2D eigenvalue weighted by atomic mass is 9.99. The minimum absolute atomic E-state index is 0.0235. The van der Waals surface area contributed by atoms with Gasteiger partial charge in [-0.3, -0.25) is 19.2 Å². The van der Waals surface area contributed by atoms with Crippen LogP contribution >= 0.6 is 0 Å². The van der Waals surface area contributed by atoms with Crippen LogP contribution in [0.1, 0.15) is 49.0 Å². The van der Waals surface area contributed by atoms with Gasteiger partial charge in [-0.25, -0.2) is 0 Å². The standard InChI is InChI=1S/C27H33N3O5/c1-17(2)14-23(30-25(32)19-10-7-11-21(16-19)35-3)26(33)29-22(15-18-8-5-4-6-9-18)24(31)27(34)28-20-12-13-20/h4-11,16-17,20,22-23H,12-15H2,1-3H3,(H,28,34)(H,29,33)(H,30,32). The highest BCUT2D eigenvalue weighted by atomic mass is 16.5. The summed E-state index contributed by atoms with van der Waals surface area (Å²) < 4.78 is 5.18. The van der Waals surface area contributed by atoms with E-state index in [1.54, 1.807) is 24.3 Å². The molecule has 0 bridgehead atoms. The van der Waals surface area contributed by atoms with Crippen LogP contribution < -0.4 is 20.7 Å². The molecule has 0 aliphatic heterocycles. The van der Waals surface area contributed by atoms with E-state index in [1.165, 1.54) is 7.11 Å². The van der Waals surface area contributed by atoms with Crippen LogP contribution in [0.5, 0.6) is 5.75 Å². The third-order valence-electron chi connectivity index (χ3n) is 5.71. The second-order valence-corrected chi connectivity index (χ2v) is 9.25. The molecule has 0 radical (unpaired) electrons. The predicted molar refractivity (Wildman–Crippen MR) is 132 cm³/mol. The van der Waals surface area contributed by atoms with Crippen LogP contribution in [0.15, 0.2) is 54.6 Å². The summed E-state index contributed by atoms with van der Waals surface area (Å²) >= 11 is 0. The fourth-order valence-corrected chi connectivity index (χ4v) is 3.68. The first-order valence-corrected chi connectivity index (χ1v) is 11.9. The molecule has 1 aliphatic carbocycles. The van der Waals surface area contributed by atoms with Gasteiger partial charge in [0.05, 0.1) is 7.11 Å². The minimum atomic E-state index is -1.05. The van der Waals surface area contributed by atoms with Crippen LogP contribution in [0.3, 0.4) is 0 Å². The van der Waals surface area contributed by atoms with Gasteiger partial charge in [0.2, 0.25) is 11.7 Å². The molecule has 1 aliphatic rings. The lowest BCUT2D eigenvalue weighted by Gasteiger charge is -2.24. The highest BCUT2D eigenvalue weighted by Crippen LogP contribution is 2.19. The number of ether oxygens (including phenoxy) is 1. The zero-order chi connectivity index (χ0) is 25.4. The third kappa shape index (κ3) is 7.95. The Labute approximate surface area is 205 Å². The number of Topliss-reactive ketones (excluding diaryl/α,β-unsaturated/α-hetero) is 1. The number of ketones is 1. The number of carbonyl (C=O) groups excluding carboxylic acids is 4. The topological polar surface area (TPSA) is 114 Å². The summed E-state index contributed by atoms with van der Waals surface area (Å²) in [7, 11) is 1.51. The van der Waals surface area contributed by atoms with E-state index in [0.717, 1.165) is 18.4 Å². The first-order chi connectivity index (χ1) is 16.8. The second kappa shape index (κ2) is 12.1. The first kappa shape index (κ1) is 25.9. The molecule has 8 nitrogen and oxygen atoms in total. The van der Waals surface area contributed by atoms with Crippen molar-refractivity contribution < 1.29 is 23.9 Å². The Hall–Kier alpha value is -3.68. The van der Waals surface area contributed by atoms with Crippen molar-refractivity contribution in [2.24, 2.45) is 5.92 Å². The molecule has 2 aromatic rings. The molecule has 1 saturated carbocycles. The van der Waals surface area contributed by atoms with E-state index in [1.807, 2.05) is 44.2 Å². The van der Waals surface area contributed by atoms with Gasteiger partial charge in [-0.15, -0.1) is 0 Å². The van der Waals surface area contributed by atoms with Crippen LogP contribution in [-0.2, 0) is 20.8 Å². The molecule has 186 valence electrons. The van der Waals surface area contributed by atoms with Gasteiger partial charge in [0, 0.05) is 18.0 Å². The highest BCUT2D eigenvalue weighted by molar-refractivity contribution is 6.38. The van der Waals surface area contributed by atoms with Gasteiger partial charge in [-0.2, -0.15) is 0 Å². The zero-order valence-corrected chi connectivity index (χ0v) is 20.4. The van der Waals surface area contributed by atoms with Gasteiger partial charge in [0.25, 0.3) is 11.8 Å². The van der Waals surface area contributed by atoms with E-state index < -0.39 is 35.6 Å². The number of nitrogens with one attached hydrogen (secondary N) is 3. The number of amides is 3. The molecular formula is C27H33N3O5. The Bertz CT molecular complexity index is 1050. The molecule has 2 aromatic carbocycles. The van der Waals surface area contributed by atoms with E-state index in [2.05, 4.69) is 16.0 Å². The number of methoxy groups -OCH3 is 1. The van der Waals surface area contributed by atoms with Crippen molar-refractivity contribution in [3.8, 4) is 5.75 Å². The Morgan fingerprint density at radius 3 is 2.29 bits per heavy atom. The lowest BCUT2D eigenvalue weighted by Crippen LogP contribution is -2.55. The van der Waals surface area contributed by atoms with Crippen molar-refractivity contribution in [1.82, 2.24) is 16.0 Å². The van der Waals surface area contributed by atoms with Crippen molar-refractivity contribution in [3.63, 3.8) is 0 Å². The van der Waals surface area contributed by atoms with Crippen molar-refractivity contribution in [2.75, 3.05) is 7.11 Å². The van der Waals surface area contributed by atoms with Gasteiger partial charge in [0.15, 0.2) is 0 Å².